The highest BCUT2D eigenvalue weighted by atomic mass is 16.5. The molecule has 0 saturated carbocycles. The molecule has 0 amide bonds. The van der Waals surface area contributed by atoms with Crippen LogP contribution in [0.3, 0.4) is 0 Å². The molecule has 0 aromatic heterocycles. The molecular weight excluding hydrogens is 328 g/mol. The van der Waals surface area contributed by atoms with Crippen LogP contribution in [0, 0.1) is 6.92 Å². The topological polar surface area (TPSA) is 61.8 Å². The van der Waals surface area contributed by atoms with E-state index in [1.807, 2.05) is 0 Å². The number of aryl methyl sites for hydroxylation is 1. The maximum Gasteiger partial charge on any atom is 0.335 e. The van der Waals surface area contributed by atoms with Crippen molar-refractivity contribution in [1.82, 2.24) is 10.2 Å². The predicted octanol–water partition coefficient (Wildman–Crippen LogP) is 3.11. The maximum atomic E-state index is 11.0. The Balaban J connectivity index is 1.77. The van der Waals surface area contributed by atoms with Crippen LogP contribution in [0.2, 0.25) is 0 Å². The van der Waals surface area contributed by atoms with Gasteiger partial charge in [-0.2, -0.15) is 0 Å². The van der Waals surface area contributed by atoms with Crippen molar-refractivity contribution in [2.75, 3.05) is 26.2 Å². The summed E-state index contributed by atoms with van der Waals surface area (Å²) in [7, 11) is 0. The molecule has 2 aromatic rings. The zero-order valence-electron chi connectivity index (χ0n) is 15.3. The lowest BCUT2D eigenvalue weighted by atomic mass is 10.1. The van der Waals surface area contributed by atoms with Crippen LogP contribution in [0.15, 0.2) is 48.5 Å². The number of hydrogen-bond donors (Lipinski definition) is 2. The van der Waals surface area contributed by atoms with E-state index >= 15 is 0 Å². The van der Waals surface area contributed by atoms with E-state index in [0.717, 1.165) is 31.7 Å². The van der Waals surface area contributed by atoms with E-state index in [9.17, 15) is 4.79 Å². The summed E-state index contributed by atoms with van der Waals surface area (Å²) in [5.41, 5.74) is 2.61. The fourth-order valence-electron chi connectivity index (χ4n) is 3.24. The summed E-state index contributed by atoms with van der Waals surface area (Å²) in [4.78, 5) is 13.4. The third-order valence-electron chi connectivity index (χ3n) is 4.71. The van der Waals surface area contributed by atoms with Crippen molar-refractivity contribution in [3.05, 3.63) is 65.2 Å². The minimum Gasteiger partial charge on any atom is -0.484 e. The summed E-state index contributed by atoms with van der Waals surface area (Å²) < 4.78 is 6.26. The van der Waals surface area contributed by atoms with E-state index in [2.05, 4.69) is 48.3 Å². The van der Waals surface area contributed by atoms with Gasteiger partial charge in [0.25, 0.3) is 0 Å². The summed E-state index contributed by atoms with van der Waals surface area (Å²) in [5, 5.41) is 12.5. The molecule has 3 rings (SSSR count). The molecule has 26 heavy (non-hydrogen) atoms. The van der Waals surface area contributed by atoms with Gasteiger partial charge in [0.15, 0.2) is 0 Å². The van der Waals surface area contributed by atoms with Crippen molar-refractivity contribution >= 4 is 5.97 Å². The van der Waals surface area contributed by atoms with Crippen molar-refractivity contribution < 1.29 is 14.6 Å². The minimum absolute atomic E-state index is 0.100. The number of nitrogens with zero attached hydrogens (tertiary/aromatic N) is 1. The molecule has 1 fully saturated rings. The first-order chi connectivity index (χ1) is 12.5. The standard InChI is InChI=1S/C21H26N2O3/c1-15-3-5-17(6-4-15)20(14-23-12-11-22-16(2)13-23)26-19-9-7-18(8-10-19)21(24)25/h3-10,16,20,22H,11-14H2,1-2H3,(H,24,25)/t16-,20?/m1/s1. The fraction of sp³-hybridized carbons (Fsp3) is 0.381. The van der Waals surface area contributed by atoms with Crippen molar-refractivity contribution in [2.45, 2.75) is 26.0 Å². The van der Waals surface area contributed by atoms with E-state index in [0.29, 0.717) is 11.8 Å². The summed E-state index contributed by atoms with van der Waals surface area (Å²) in [5.74, 6) is -0.245. The fourth-order valence-corrected chi connectivity index (χ4v) is 3.24. The molecule has 138 valence electrons. The minimum atomic E-state index is -0.929. The van der Waals surface area contributed by atoms with Crippen LogP contribution in [0.4, 0.5) is 0 Å². The summed E-state index contributed by atoms with van der Waals surface area (Å²) in [6, 6.07) is 15.5. The summed E-state index contributed by atoms with van der Waals surface area (Å²) in [6.45, 7) is 8.03. The highest BCUT2D eigenvalue weighted by Gasteiger charge is 2.22. The van der Waals surface area contributed by atoms with Crippen molar-refractivity contribution in [2.24, 2.45) is 0 Å². The van der Waals surface area contributed by atoms with Crippen molar-refractivity contribution in [3.8, 4) is 5.75 Å². The highest BCUT2D eigenvalue weighted by molar-refractivity contribution is 5.87. The number of carboxylic acids is 1. The van der Waals surface area contributed by atoms with Gasteiger partial charge >= 0.3 is 5.97 Å². The van der Waals surface area contributed by atoms with Crippen LogP contribution in [-0.4, -0.2) is 48.2 Å². The number of aromatic carboxylic acids is 1. The van der Waals surface area contributed by atoms with Crippen LogP contribution < -0.4 is 10.1 Å². The van der Waals surface area contributed by atoms with Crippen LogP contribution >= 0.6 is 0 Å². The largest absolute Gasteiger partial charge is 0.484 e. The molecule has 1 aliphatic rings. The van der Waals surface area contributed by atoms with E-state index in [1.165, 1.54) is 5.56 Å². The van der Waals surface area contributed by atoms with Gasteiger partial charge in [-0.05, 0) is 43.7 Å². The number of benzene rings is 2. The Labute approximate surface area is 154 Å². The Morgan fingerprint density at radius 2 is 1.92 bits per heavy atom. The van der Waals surface area contributed by atoms with Crippen LogP contribution in [-0.2, 0) is 0 Å². The summed E-state index contributed by atoms with van der Waals surface area (Å²) in [6.07, 6.45) is -0.100. The smallest absolute Gasteiger partial charge is 0.335 e. The lowest BCUT2D eigenvalue weighted by Gasteiger charge is -2.34. The first-order valence-corrected chi connectivity index (χ1v) is 9.03. The molecule has 5 nitrogen and oxygen atoms in total. The molecule has 1 aliphatic heterocycles. The second-order valence-corrected chi connectivity index (χ2v) is 6.96. The number of carbonyl (C=O) groups is 1. The number of piperazine rings is 1. The van der Waals surface area contributed by atoms with Gasteiger partial charge < -0.3 is 15.2 Å². The van der Waals surface area contributed by atoms with Crippen LogP contribution in [0.1, 0.15) is 34.5 Å². The molecule has 1 saturated heterocycles. The number of hydrogen-bond acceptors (Lipinski definition) is 4. The van der Waals surface area contributed by atoms with Gasteiger partial charge in [0.05, 0.1) is 5.56 Å². The monoisotopic (exact) mass is 354 g/mol. The Morgan fingerprint density at radius 1 is 1.23 bits per heavy atom. The number of ether oxygens (including phenoxy) is 1. The van der Waals surface area contributed by atoms with E-state index in [4.69, 9.17) is 9.84 Å². The predicted molar refractivity (Wildman–Crippen MR) is 102 cm³/mol. The van der Waals surface area contributed by atoms with Gasteiger partial charge in [0.2, 0.25) is 0 Å². The Morgan fingerprint density at radius 3 is 2.54 bits per heavy atom. The molecule has 2 atom stereocenters. The van der Waals surface area contributed by atoms with Gasteiger partial charge in [-0.15, -0.1) is 0 Å². The number of nitrogens with one attached hydrogen (secondary N) is 1. The number of carboxylic acid groups (broad SMARTS) is 1. The second-order valence-electron chi connectivity index (χ2n) is 6.96. The third kappa shape index (κ3) is 4.84. The maximum absolute atomic E-state index is 11.0. The molecule has 0 radical (unpaired) electrons. The van der Waals surface area contributed by atoms with Crippen LogP contribution in [0.5, 0.6) is 5.75 Å². The quantitative estimate of drug-likeness (QED) is 0.835. The number of rotatable bonds is 6. The van der Waals surface area contributed by atoms with Crippen LogP contribution in [0.25, 0.3) is 0 Å². The molecule has 0 spiro atoms. The zero-order chi connectivity index (χ0) is 18.5. The van der Waals surface area contributed by atoms with Crippen molar-refractivity contribution in [3.63, 3.8) is 0 Å². The van der Waals surface area contributed by atoms with Gasteiger partial charge in [-0.25, -0.2) is 4.79 Å². The molecular formula is C21H26N2O3. The van der Waals surface area contributed by atoms with Crippen molar-refractivity contribution in [1.29, 1.82) is 0 Å². The van der Waals surface area contributed by atoms with E-state index in [1.54, 1.807) is 24.3 Å². The molecule has 0 aliphatic carbocycles. The van der Waals surface area contributed by atoms with Gasteiger partial charge in [-0.1, -0.05) is 29.8 Å². The Kier molecular flexibility index (Phi) is 5.91. The molecule has 2 N–H and O–H groups in total. The second kappa shape index (κ2) is 8.34. The first kappa shape index (κ1) is 18.4. The molecule has 5 heteroatoms. The molecule has 2 aromatic carbocycles. The Bertz CT molecular complexity index is 728. The van der Waals surface area contributed by atoms with Gasteiger partial charge in [-0.3, -0.25) is 4.90 Å². The first-order valence-electron chi connectivity index (χ1n) is 9.03. The zero-order valence-corrected chi connectivity index (χ0v) is 15.3. The highest BCUT2D eigenvalue weighted by Crippen LogP contribution is 2.24. The average molecular weight is 354 g/mol. The van der Waals surface area contributed by atoms with Gasteiger partial charge in [0, 0.05) is 32.2 Å². The summed E-state index contributed by atoms with van der Waals surface area (Å²) >= 11 is 0. The van der Waals surface area contributed by atoms with E-state index < -0.39 is 5.97 Å². The normalized spacial score (nSPS) is 19.1. The Hall–Kier alpha value is -2.37. The lowest BCUT2D eigenvalue weighted by Crippen LogP contribution is -2.50. The molecule has 1 heterocycles. The lowest BCUT2D eigenvalue weighted by molar-refractivity contribution is 0.0696. The van der Waals surface area contributed by atoms with Gasteiger partial charge in [0.1, 0.15) is 11.9 Å². The molecule has 1 unspecified atom stereocenters. The molecule has 0 bridgehead atoms. The van der Waals surface area contributed by atoms with E-state index in [-0.39, 0.29) is 11.7 Å². The SMILES string of the molecule is Cc1ccc(C(CN2CCN[C@H](C)C2)Oc2ccc(C(=O)O)cc2)cc1. The average Bonchev–Trinajstić information content (AvgIpc) is 2.62. The third-order valence-corrected chi connectivity index (χ3v) is 4.71.